The van der Waals surface area contributed by atoms with Crippen molar-refractivity contribution in [2.45, 2.75) is 82.8 Å². The zero-order valence-electron chi connectivity index (χ0n) is 24.6. The molecule has 0 aliphatic heterocycles. The second-order valence-electron chi connectivity index (χ2n) is 11.1. The molecule has 9 heteroatoms. The van der Waals surface area contributed by atoms with E-state index in [0.29, 0.717) is 17.1 Å². The maximum Gasteiger partial charge on any atom is 0.264 e. The Hall–Kier alpha value is -3.36. The van der Waals surface area contributed by atoms with Crippen LogP contribution in [0.5, 0.6) is 0 Å². The van der Waals surface area contributed by atoms with E-state index in [1.165, 1.54) is 35.6 Å². The molecular formula is C33H40ClN3O4S. The van der Waals surface area contributed by atoms with E-state index < -0.39 is 28.5 Å². The number of carbonyl (C=O) groups is 2. The quantitative estimate of drug-likeness (QED) is 0.272. The van der Waals surface area contributed by atoms with Crippen LogP contribution in [0, 0.1) is 13.8 Å². The van der Waals surface area contributed by atoms with Gasteiger partial charge in [-0.25, -0.2) is 8.42 Å². The van der Waals surface area contributed by atoms with Crippen LogP contribution in [0.15, 0.2) is 77.7 Å². The van der Waals surface area contributed by atoms with Gasteiger partial charge in [0.05, 0.1) is 10.6 Å². The average molecular weight is 610 g/mol. The van der Waals surface area contributed by atoms with Crippen molar-refractivity contribution < 1.29 is 18.0 Å². The minimum Gasteiger partial charge on any atom is -0.352 e. The van der Waals surface area contributed by atoms with Gasteiger partial charge in [0.1, 0.15) is 12.6 Å². The van der Waals surface area contributed by atoms with Crippen LogP contribution in [-0.4, -0.2) is 43.8 Å². The Morgan fingerprint density at radius 3 is 2.21 bits per heavy atom. The van der Waals surface area contributed by atoms with Crippen molar-refractivity contribution in [1.82, 2.24) is 10.2 Å². The van der Waals surface area contributed by atoms with Gasteiger partial charge in [-0.05, 0) is 75.1 Å². The van der Waals surface area contributed by atoms with E-state index in [1.807, 2.05) is 45.0 Å². The lowest BCUT2D eigenvalue weighted by Gasteiger charge is -2.34. The molecule has 1 N–H and O–H groups in total. The Bertz CT molecular complexity index is 1470. The third-order valence-corrected chi connectivity index (χ3v) is 9.82. The van der Waals surface area contributed by atoms with E-state index in [2.05, 4.69) is 5.32 Å². The monoisotopic (exact) mass is 609 g/mol. The van der Waals surface area contributed by atoms with E-state index >= 15 is 0 Å². The number of rotatable bonds is 11. The molecule has 0 aromatic heterocycles. The Morgan fingerprint density at radius 2 is 1.60 bits per heavy atom. The molecule has 0 spiro atoms. The Morgan fingerprint density at radius 1 is 0.929 bits per heavy atom. The van der Waals surface area contributed by atoms with Gasteiger partial charge in [0.15, 0.2) is 0 Å². The fourth-order valence-electron chi connectivity index (χ4n) is 5.44. The second kappa shape index (κ2) is 14.2. The first-order valence-electron chi connectivity index (χ1n) is 14.6. The molecule has 224 valence electrons. The lowest BCUT2D eigenvalue weighted by molar-refractivity contribution is -0.140. The van der Waals surface area contributed by atoms with Crippen molar-refractivity contribution >= 4 is 39.1 Å². The summed E-state index contributed by atoms with van der Waals surface area (Å²) in [5.41, 5.74) is 3.22. The zero-order valence-corrected chi connectivity index (χ0v) is 26.1. The first kappa shape index (κ1) is 31.6. The highest BCUT2D eigenvalue weighted by molar-refractivity contribution is 7.92. The van der Waals surface area contributed by atoms with Crippen molar-refractivity contribution in [2.24, 2.45) is 0 Å². The van der Waals surface area contributed by atoms with Crippen molar-refractivity contribution in [3.05, 3.63) is 94.5 Å². The van der Waals surface area contributed by atoms with Crippen molar-refractivity contribution in [3.63, 3.8) is 0 Å². The molecule has 0 bridgehead atoms. The summed E-state index contributed by atoms with van der Waals surface area (Å²) >= 11 is 6.03. The summed E-state index contributed by atoms with van der Waals surface area (Å²) in [7, 11) is -4.14. The van der Waals surface area contributed by atoms with Crippen molar-refractivity contribution in [2.75, 3.05) is 10.8 Å². The molecule has 1 aliphatic carbocycles. The fraction of sp³-hybridized carbons (Fsp3) is 0.394. The first-order chi connectivity index (χ1) is 20.1. The Balaban J connectivity index is 1.70. The first-order valence-corrected chi connectivity index (χ1v) is 16.4. The lowest BCUT2D eigenvalue weighted by atomic mass is 9.95. The molecule has 0 radical (unpaired) electrons. The number of nitrogens with one attached hydrogen (secondary N) is 1. The average Bonchev–Trinajstić information content (AvgIpc) is 2.97. The predicted molar refractivity (Wildman–Crippen MR) is 168 cm³/mol. The summed E-state index contributed by atoms with van der Waals surface area (Å²) in [6.07, 6.45) is 5.55. The summed E-state index contributed by atoms with van der Waals surface area (Å²) in [6.45, 7) is 5.48. The van der Waals surface area contributed by atoms with Gasteiger partial charge in [-0.3, -0.25) is 13.9 Å². The molecular weight excluding hydrogens is 570 g/mol. The van der Waals surface area contributed by atoms with Crippen LogP contribution < -0.4 is 9.62 Å². The second-order valence-corrected chi connectivity index (χ2v) is 13.4. The number of amides is 2. The summed E-state index contributed by atoms with van der Waals surface area (Å²) in [5, 5.41) is 3.59. The van der Waals surface area contributed by atoms with Crippen LogP contribution in [0.4, 0.5) is 5.69 Å². The summed E-state index contributed by atoms with van der Waals surface area (Å²) < 4.78 is 29.0. The summed E-state index contributed by atoms with van der Waals surface area (Å²) in [5.74, 6) is -0.659. The van der Waals surface area contributed by atoms with Crippen LogP contribution in [0.2, 0.25) is 5.02 Å². The number of hydrogen-bond acceptors (Lipinski definition) is 4. The number of carbonyl (C=O) groups excluding carboxylic acids is 2. The van der Waals surface area contributed by atoms with Gasteiger partial charge in [0.2, 0.25) is 11.8 Å². The molecule has 1 fully saturated rings. The molecule has 2 amide bonds. The molecule has 0 heterocycles. The molecule has 1 atom stereocenters. The van der Waals surface area contributed by atoms with Gasteiger partial charge in [-0.1, -0.05) is 85.3 Å². The highest BCUT2D eigenvalue weighted by Gasteiger charge is 2.34. The number of anilines is 1. The van der Waals surface area contributed by atoms with Crippen LogP contribution in [-0.2, 0) is 26.2 Å². The topological polar surface area (TPSA) is 86.8 Å². The predicted octanol–water partition coefficient (Wildman–Crippen LogP) is 6.41. The Labute approximate surface area is 254 Å². The summed E-state index contributed by atoms with van der Waals surface area (Å²) in [6, 6.07) is 20.0. The molecule has 7 nitrogen and oxygen atoms in total. The highest BCUT2D eigenvalue weighted by atomic mass is 35.5. The number of aryl methyl sites for hydroxylation is 2. The number of nitrogens with zero attached hydrogens (tertiary/aromatic N) is 2. The van der Waals surface area contributed by atoms with Crippen LogP contribution in [0.1, 0.15) is 62.1 Å². The SMILES string of the molecule is CC[C@H](C(=O)NC1CCCCC1)N(Cc1cccc(C)c1)C(=O)CN(c1ccc(C)cc1)S(=O)(=O)c1ccc(Cl)cc1. The smallest absolute Gasteiger partial charge is 0.264 e. The van der Waals surface area contributed by atoms with Crippen LogP contribution in [0.3, 0.4) is 0 Å². The number of benzene rings is 3. The minimum absolute atomic E-state index is 0.0209. The highest BCUT2D eigenvalue weighted by Crippen LogP contribution is 2.26. The maximum absolute atomic E-state index is 14.2. The molecule has 3 aromatic carbocycles. The fourth-order valence-corrected chi connectivity index (χ4v) is 6.98. The van der Waals surface area contributed by atoms with Gasteiger partial charge >= 0.3 is 0 Å². The third-order valence-electron chi connectivity index (χ3n) is 7.78. The van der Waals surface area contributed by atoms with Crippen molar-refractivity contribution in [3.8, 4) is 0 Å². The van der Waals surface area contributed by atoms with E-state index in [4.69, 9.17) is 11.6 Å². The molecule has 4 rings (SSSR count). The molecule has 0 unspecified atom stereocenters. The molecule has 1 saturated carbocycles. The van der Waals surface area contributed by atoms with Crippen LogP contribution in [0.25, 0.3) is 0 Å². The number of halogens is 1. The largest absolute Gasteiger partial charge is 0.352 e. The standard InChI is InChI=1S/C33H40ClN3O4S/c1-4-31(33(39)35-28-11-6-5-7-12-28)36(22-26-10-8-9-25(3)21-26)32(38)23-37(29-17-13-24(2)14-18-29)42(40,41)30-19-15-27(34)16-20-30/h8-10,13-21,28,31H,4-7,11-12,22-23H2,1-3H3,(H,35,39)/t31-/m1/s1. The lowest BCUT2D eigenvalue weighted by Crippen LogP contribution is -2.54. The maximum atomic E-state index is 14.2. The number of sulfonamides is 1. The summed E-state index contributed by atoms with van der Waals surface area (Å²) in [4.78, 5) is 29.4. The third kappa shape index (κ3) is 7.92. The molecule has 42 heavy (non-hydrogen) atoms. The molecule has 3 aromatic rings. The normalized spacial score (nSPS) is 14.7. The van der Waals surface area contributed by atoms with Gasteiger partial charge in [0.25, 0.3) is 10.0 Å². The van der Waals surface area contributed by atoms with E-state index in [-0.39, 0.29) is 23.4 Å². The van der Waals surface area contributed by atoms with Crippen LogP contribution >= 0.6 is 11.6 Å². The van der Waals surface area contributed by atoms with Gasteiger partial charge in [-0.15, -0.1) is 0 Å². The Kier molecular flexibility index (Phi) is 10.7. The van der Waals surface area contributed by atoms with E-state index in [1.54, 1.807) is 24.3 Å². The minimum atomic E-state index is -4.14. The molecule has 1 aliphatic rings. The van der Waals surface area contributed by atoms with Crippen molar-refractivity contribution in [1.29, 1.82) is 0 Å². The van der Waals surface area contributed by atoms with Gasteiger partial charge < -0.3 is 10.2 Å². The number of hydrogen-bond donors (Lipinski definition) is 1. The zero-order chi connectivity index (χ0) is 30.3. The molecule has 0 saturated heterocycles. The van der Waals surface area contributed by atoms with Gasteiger partial charge in [-0.2, -0.15) is 0 Å². The van der Waals surface area contributed by atoms with Gasteiger partial charge in [0, 0.05) is 17.6 Å². The van der Waals surface area contributed by atoms with E-state index in [9.17, 15) is 18.0 Å². The van der Waals surface area contributed by atoms with E-state index in [0.717, 1.165) is 46.7 Å².